The van der Waals surface area contributed by atoms with Crippen LogP contribution in [0.3, 0.4) is 0 Å². The number of aromatic nitrogens is 2. The lowest BCUT2D eigenvalue weighted by molar-refractivity contribution is -0.131. The van der Waals surface area contributed by atoms with Gasteiger partial charge in [0.2, 0.25) is 5.91 Å². The summed E-state index contributed by atoms with van der Waals surface area (Å²) in [6.07, 6.45) is 3.51. The molecule has 6 nitrogen and oxygen atoms in total. The normalized spacial score (nSPS) is 22.4. The number of rotatable bonds is 5. The molecule has 0 saturated carbocycles. The molecule has 1 saturated heterocycles. The van der Waals surface area contributed by atoms with Crippen molar-refractivity contribution in [2.24, 2.45) is 0 Å². The number of aryl methyl sites for hydroxylation is 2. The molecule has 0 radical (unpaired) electrons. The van der Waals surface area contributed by atoms with Crippen LogP contribution in [0.5, 0.6) is 0 Å². The Kier molecular flexibility index (Phi) is 5.81. The monoisotopic (exact) mass is 322 g/mol. The number of likely N-dealkylation sites (N-methyl/N-ethyl adjacent to an activating group) is 1. The van der Waals surface area contributed by atoms with Gasteiger partial charge in [0.25, 0.3) is 0 Å². The van der Waals surface area contributed by atoms with Crippen molar-refractivity contribution in [2.75, 3.05) is 33.7 Å². The molecule has 0 spiro atoms. The highest BCUT2D eigenvalue weighted by Crippen LogP contribution is 2.23. The molecule has 0 aromatic carbocycles. The molecule has 23 heavy (non-hydrogen) atoms. The van der Waals surface area contributed by atoms with Crippen LogP contribution < -0.4 is 0 Å². The van der Waals surface area contributed by atoms with Crippen molar-refractivity contribution in [3.63, 3.8) is 0 Å². The molecule has 1 atom stereocenters. The second kappa shape index (κ2) is 7.45. The van der Waals surface area contributed by atoms with E-state index >= 15 is 0 Å². The van der Waals surface area contributed by atoms with E-state index in [-0.39, 0.29) is 5.91 Å². The van der Waals surface area contributed by atoms with Gasteiger partial charge in [0.15, 0.2) is 0 Å². The Hall–Kier alpha value is -1.40. The Morgan fingerprint density at radius 3 is 2.70 bits per heavy atom. The number of aromatic amines is 1. The van der Waals surface area contributed by atoms with Crippen LogP contribution >= 0.6 is 0 Å². The highest BCUT2D eigenvalue weighted by molar-refractivity contribution is 5.76. The Balaban J connectivity index is 1.88. The van der Waals surface area contributed by atoms with Crippen molar-refractivity contribution >= 4 is 5.91 Å². The lowest BCUT2D eigenvalue weighted by Gasteiger charge is -2.30. The van der Waals surface area contributed by atoms with Gasteiger partial charge >= 0.3 is 0 Å². The Morgan fingerprint density at radius 2 is 2.09 bits per heavy atom. The summed E-state index contributed by atoms with van der Waals surface area (Å²) in [4.78, 5) is 16.4. The molecule has 2 heterocycles. The van der Waals surface area contributed by atoms with Crippen LogP contribution in [0.2, 0.25) is 0 Å². The van der Waals surface area contributed by atoms with Crippen LogP contribution in [-0.4, -0.2) is 70.3 Å². The standard InChI is InChI=1S/C17H30N4O2/c1-13-15(14(2)19-18-13)6-7-16(22)21-10-5-8-17(23,9-11-21)12-20(3)4/h23H,5-12H2,1-4H3,(H,18,19)/t17-/m0/s1. The predicted molar refractivity (Wildman–Crippen MR) is 90.3 cm³/mol. The van der Waals surface area contributed by atoms with Gasteiger partial charge in [-0.3, -0.25) is 9.89 Å². The molecule has 2 N–H and O–H groups in total. The van der Waals surface area contributed by atoms with Gasteiger partial charge in [0.05, 0.1) is 11.3 Å². The largest absolute Gasteiger partial charge is 0.388 e. The van der Waals surface area contributed by atoms with E-state index < -0.39 is 5.60 Å². The smallest absolute Gasteiger partial charge is 0.222 e. The maximum atomic E-state index is 12.5. The summed E-state index contributed by atoms with van der Waals surface area (Å²) in [6, 6.07) is 0. The first-order chi connectivity index (χ1) is 10.8. The van der Waals surface area contributed by atoms with Crippen molar-refractivity contribution in [1.82, 2.24) is 20.0 Å². The van der Waals surface area contributed by atoms with Gasteiger partial charge in [-0.1, -0.05) is 0 Å². The number of nitrogens with zero attached hydrogens (tertiary/aromatic N) is 3. The highest BCUT2D eigenvalue weighted by Gasteiger charge is 2.31. The van der Waals surface area contributed by atoms with Crippen LogP contribution in [0.1, 0.15) is 42.6 Å². The Morgan fingerprint density at radius 1 is 1.35 bits per heavy atom. The number of hydrogen-bond acceptors (Lipinski definition) is 4. The molecule has 1 fully saturated rings. The van der Waals surface area contributed by atoms with Crippen LogP contribution in [0, 0.1) is 13.8 Å². The van der Waals surface area contributed by atoms with E-state index in [1.807, 2.05) is 37.7 Å². The molecule has 0 aliphatic carbocycles. The lowest BCUT2D eigenvalue weighted by Crippen LogP contribution is -2.41. The summed E-state index contributed by atoms with van der Waals surface area (Å²) in [5.74, 6) is 0.180. The number of amides is 1. The van der Waals surface area contributed by atoms with Crippen molar-refractivity contribution < 1.29 is 9.90 Å². The number of hydrogen-bond donors (Lipinski definition) is 2. The van der Waals surface area contributed by atoms with Crippen molar-refractivity contribution in [1.29, 1.82) is 0 Å². The molecule has 1 aliphatic rings. The quantitative estimate of drug-likeness (QED) is 0.856. The number of likely N-dealkylation sites (tertiary alicyclic amines) is 1. The average molecular weight is 322 g/mol. The van der Waals surface area contributed by atoms with Gasteiger partial charge < -0.3 is 14.9 Å². The van der Waals surface area contributed by atoms with Crippen LogP contribution in [-0.2, 0) is 11.2 Å². The zero-order valence-corrected chi connectivity index (χ0v) is 14.9. The van der Waals surface area contributed by atoms with E-state index in [1.165, 1.54) is 0 Å². The minimum absolute atomic E-state index is 0.180. The summed E-state index contributed by atoms with van der Waals surface area (Å²) < 4.78 is 0. The van der Waals surface area contributed by atoms with Gasteiger partial charge in [-0.15, -0.1) is 0 Å². The van der Waals surface area contributed by atoms with E-state index in [9.17, 15) is 9.90 Å². The molecule has 1 amide bonds. The third-order valence-corrected chi connectivity index (χ3v) is 4.75. The average Bonchev–Trinajstić information content (AvgIpc) is 2.67. The van der Waals surface area contributed by atoms with E-state index in [2.05, 4.69) is 10.2 Å². The summed E-state index contributed by atoms with van der Waals surface area (Å²) >= 11 is 0. The maximum absolute atomic E-state index is 12.5. The van der Waals surface area contributed by atoms with Gasteiger partial charge in [0, 0.05) is 31.7 Å². The topological polar surface area (TPSA) is 72.5 Å². The minimum Gasteiger partial charge on any atom is -0.388 e. The van der Waals surface area contributed by atoms with Crippen molar-refractivity contribution in [3.8, 4) is 0 Å². The van der Waals surface area contributed by atoms with Gasteiger partial charge in [-0.2, -0.15) is 5.10 Å². The molecule has 1 aliphatic heterocycles. The second-order valence-corrected chi connectivity index (χ2v) is 7.11. The van der Waals surface area contributed by atoms with E-state index in [0.29, 0.717) is 25.9 Å². The van der Waals surface area contributed by atoms with Crippen molar-refractivity contribution in [3.05, 3.63) is 17.0 Å². The predicted octanol–water partition coefficient (Wildman–Crippen LogP) is 1.26. The fourth-order valence-corrected chi connectivity index (χ4v) is 3.51. The molecule has 1 aromatic rings. The van der Waals surface area contributed by atoms with Gasteiger partial charge in [0.1, 0.15) is 0 Å². The number of carbonyl (C=O) groups is 1. The van der Waals surface area contributed by atoms with Crippen LogP contribution in [0.15, 0.2) is 0 Å². The second-order valence-electron chi connectivity index (χ2n) is 7.11. The molecular weight excluding hydrogens is 292 g/mol. The SMILES string of the molecule is Cc1n[nH]c(C)c1CCC(=O)N1CCC[C@@](O)(CN(C)C)CC1. The molecule has 0 unspecified atom stereocenters. The van der Waals surface area contributed by atoms with E-state index in [4.69, 9.17) is 0 Å². The molecular formula is C17H30N4O2. The zero-order valence-electron chi connectivity index (χ0n) is 14.9. The summed E-state index contributed by atoms with van der Waals surface area (Å²) in [5, 5.41) is 17.8. The van der Waals surface area contributed by atoms with Gasteiger partial charge in [-0.05, 0) is 59.2 Å². The first-order valence-corrected chi connectivity index (χ1v) is 8.46. The molecule has 2 rings (SSSR count). The molecule has 0 bridgehead atoms. The molecule has 1 aromatic heterocycles. The molecule has 130 valence electrons. The Labute approximate surface area is 138 Å². The third kappa shape index (κ3) is 4.78. The number of aliphatic hydroxyl groups is 1. The zero-order chi connectivity index (χ0) is 17.0. The van der Waals surface area contributed by atoms with Gasteiger partial charge in [-0.25, -0.2) is 0 Å². The lowest BCUT2D eigenvalue weighted by atomic mass is 9.94. The summed E-state index contributed by atoms with van der Waals surface area (Å²) in [6.45, 7) is 6.01. The fourth-order valence-electron chi connectivity index (χ4n) is 3.51. The first-order valence-electron chi connectivity index (χ1n) is 8.46. The van der Waals surface area contributed by atoms with Crippen LogP contribution in [0.4, 0.5) is 0 Å². The van der Waals surface area contributed by atoms with Crippen LogP contribution in [0.25, 0.3) is 0 Å². The Bertz CT molecular complexity index is 521. The number of H-pyrrole nitrogens is 1. The number of carbonyl (C=O) groups excluding carboxylic acids is 1. The summed E-state index contributed by atoms with van der Waals surface area (Å²) in [7, 11) is 3.95. The number of nitrogens with one attached hydrogen (secondary N) is 1. The summed E-state index contributed by atoms with van der Waals surface area (Å²) in [5.41, 5.74) is 2.51. The van der Waals surface area contributed by atoms with E-state index in [0.717, 1.165) is 42.8 Å². The third-order valence-electron chi connectivity index (χ3n) is 4.75. The highest BCUT2D eigenvalue weighted by atomic mass is 16.3. The van der Waals surface area contributed by atoms with E-state index in [1.54, 1.807) is 0 Å². The first kappa shape index (κ1) is 17.9. The fraction of sp³-hybridized carbons (Fsp3) is 0.765. The van der Waals surface area contributed by atoms with Crippen molar-refractivity contribution in [2.45, 2.75) is 51.6 Å². The maximum Gasteiger partial charge on any atom is 0.222 e. The molecule has 6 heteroatoms. The minimum atomic E-state index is -0.670.